The Bertz CT molecular complexity index is 455. The average Bonchev–Trinajstić information content (AvgIpc) is 2.96. The second-order valence-electron chi connectivity index (χ2n) is 5.09. The predicted molar refractivity (Wildman–Crippen MR) is 63.8 cm³/mol. The van der Waals surface area contributed by atoms with Crippen LogP contribution in [0.1, 0.15) is 37.8 Å². The van der Waals surface area contributed by atoms with Gasteiger partial charge in [0.05, 0.1) is 5.54 Å². The number of rotatable bonds is 0. The van der Waals surface area contributed by atoms with Crippen LogP contribution in [0, 0.1) is 0 Å². The molecule has 0 N–H and O–H groups in total. The van der Waals surface area contributed by atoms with E-state index in [4.69, 9.17) is 11.6 Å². The summed E-state index contributed by atoms with van der Waals surface area (Å²) in [6.07, 6.45) is 2.48. The van der Waals surface area contributed by atoms with Gasteiger partial charge in [0.15, 0.2) is 0 Å². The van der Waals surface area contributed by atoms with Crippen molar-refractivity contribution in [3.05, 3.63) is 35.4 Å². The van der Waals surface area contributed by atoms with Gasteiger partial charge < -0.3 is 0 Å². The standard InChI is InChI=1S/C13H14ClN/c1-12(2)13(7-8-13)10-6-4-3-5-9(10)11(14)15-12/h3-6H,7-8H2,1-2H3. The maximum absolute atomic E-state index is 6.24. The molecule has 1 aliphatic carbocycles. The Morgan fingerprint density at radius 3 is 2.53 bits per heavy atom. The lowest BCUT2D eigenvalue weighted by Crippen LogP contribution is -2.39. The van der Waals surface area contributed by atoms with Crippen molar-refractivity contribution < 1.29 is 0 Å². The van der Waals surface area contributed by atoms with E-state index in [2.05, 4.69) is 37.0 Å². The third-order valence-electron chi connectivity index (χ3n) is 3.96. The minimum absolute atomic E-state index is 0.0432. The summed E-state index contributed by atoms with van der Waals surface area (Å²) >= 11 is 6.24. The van der Waals surface area contributed by atoms with Gasteiger partial charge in [0.2, 0.25) is 0 Å². The van der Waals surface area contributed by atoms with E-state index in [-0.39, 0.29) is 11.0 Å². The van der Waals surface area contributed by atoms with Crippen LogP contribution < -0.4 is 0 Å². The average molecular weight is 220 g/mol. The van der Waals surface area contributed by atoms with Crippen molar-refractivity contribution in [1.82, 2.24) is 0 Å². The summed E-state index contributed by atoms with van der Waals surface area (Å²) in [5.74, 6) is 0. The Balaban J connectivity index is 2.29. The minimum Gasteiger partial charge on any atom is -0.266 e. The predicted octanol–water partition coefficient (Wildman–Crippen LogP) is 3.50. The second-order valence-corrected chi connectivity index (χ2v) is 5.45. The maximum atomic E-state index is 6.24. The van der Waals surface area contributed by atoms with Crippen molar-refractivity contribution in [2.24, 2.45) is 4.99 Å². The number of nitrogens with zero attached hydrogens (tertiary/aromatic N) is 1. The highest BCUT2D eigenvalue weighted by atomic mass is 35.5. The van der Waals surface area contributed by atoms with Crippen LogP contribution in [0.3, 0.4) is 0 Å². The van der Waals surface area contributed by atoms with Gasteiger partial charge in [0.25, 0.3) is 0 Å². The molecule has 1 heterocycles. The molecule has 1 nitrogen and oxygen atoms in total. The molecule has 78 valence electrons. The number of hydrogen-bond acceptors (Lipinski definition) is 1. The van der Waals surface area contributed by atoms with Crippen LogP contribution >= 0.6 is 11.6 Å². The lowest BCUT2D eigenvalue weighted by Gasteiger charge is -2.36. The molecule has 0 atom stereocenters. The second kappa shape index (κ2) is 2.65. The molecule has 3 rings (SSSR count). The highest BCUT2D eigenvalue weighted by molar-refractivity contribution is 6.70. The van der Waals surface area contributed by atoms with E-state index < -0.39 is 0 Å². The fourth-order valence-electron chi connectivity index (χ4n) is 2.83. The topological polar surface area (TPSA) is 12.4 Å². The Morgan fingerprint density at radius 1 is 1.20 bits per heavy atom. The normalized spacial score (nSPS) is 24.6. The molecule has 1 fully saturated rings. The van der Waals surface area contributed by atoms with Gasteiger partial charge in [-0.2, -0.15) is 0 Å². The van der Waals surface area contributed by atoms with Crippen LogP contribution in [0.25, 0.3) is 0 Å². The molecule has 1 aromatic rings. The van der Waals surface area contributed by atoms with E-state index in [1.54, 1.807) is 0 Å². The van der Waals surface area contributed by atoms with Crippen molar-refractivity contribution in [2.45, 2.75) is 37.6 Å². The van der Waals surface area contributed by atoms with Gasteiger partial charge in [-0.25, -0.2) is 0 Å². The largest absolute Gasteiger partial charge is 0.266 e. The van der Waals surface area contributed by atoms with E-state index in [1.165, 1.54) is 18.4 Å². The van der Waals surface area contributed by atoms with Crippen LogP contribution in [0.4, 0.5) is 0 Å². The van der Waals surface area contributed by atoms with Gasteiger partial charge in [-0.1, -0.05) is 35.9 Å². The Hall–Kier alpha value is -0.820. The Kier molecular flexibility index (Phi) is 1.66. The minimum atomic E-state index is -0.0432. The number of halogens is 1. The van der Waals surface area contributed by atoms with Gasteiger partial charge in [-0.05, 0) is 32.3 Å². The van der Waals surface area contributed by atoms with E-state index in [0.29, 0.717) is 5.17 Å². The zero-order valence-electron chi connectivity index (χ0n) is 9.05. The van der Waals surface area contributed by atoms with E-state index >= 15 is 0 Å². The van der Waals surface area contributed by atoms with Gasteiger partial charge in [0.1, 0.15) is 5.17 Å². The summed E-state index contributed by atoms with van der Waals surface area (Å²) < 4.78 is 0. The molecular formula is C13H14ClN. The Morgan fingerprint density at radius 2 is 1.87 bits per heavy atom. The quantitative estimate of drug-likeness (QED) is 0.634. The molecule has 0 amide bonds. The Labute approximate surface area is 95.2 Å². The summed E-state index contributed by atoms with van der Waals surface area (Å²) in [6.45, 7) is 4.39. The molecular weight excluding hydrogens is 206 g/mol. The maximum Gasteiger partial charge on any atom is 0.131 e. The zero-order chi connectivity index (χ0) is 10.7. The molecule has 1 saturated carbocycles. The van der Waals surface area contributed by atoms with Gasteiger partial charge in [0, 0.05) is 11.0 Å². The molecule has 1 aromatic carbocycles. The lowest BCUT2D eigenvalue weighted by molar-refractivity contribution is 0.389. The lowest BCUT2D eigenvalue weighted by atomic mass is 9.75. The highest BCUT2D eigenvalue weighted by Gasteiger charge is 2.58. The molecule has 0 aromatic heterocycles. The first-order chi connectivity index (χ1) is 7.07. The first-order valence-corrected chi connectivity index (χ1v) is 5.80. The van der Waals surface area contributed by atoms with Crippen molar-refractivity contribution in [1.29, 1.82) is 0 Å². The van der Waals surface area contributed by atoms with Gasteiger partial charge in [-0.3, -0.25) is 4.99 Å². The summed E-state index contributed by atoms with van der Waals surface area (Å²) in [5.41, 5.74) is 2.76. The smallest absolute Gasteiger partial charge is 0.131 e. The highest BCUT2D eigenvalue weighted by Crippen LogP contribution is 2.59. The molecule has 0 unspecified atom stereocenters. The summed E-state index contributed by atoms with van der Waals surface area (Å²) in [6, 6.07) is 8.42. The third-order valence-corrected chi connectivity index (χ3v) is 4.25. The first kappa shape index (κ1) is 9.41. The molecule has 0 saturated heterocycles. The fourth-order valence-corrected chi connectivity index (χ4v) is 3.20. The third kappa shape index (κ3) is 1.07. The number of hydrogen-bond donors (Lipinski definition) is 0. The number of fused-ring (bicyclic) bond motifs is 2. The monoisotopic (exact) mass is 219 g/mol. The molecule has 0 radical (unpaired) electrons. The first-order valence-electron chi connectivity index (χ1n) is 5.42. The van der Waals surface area contributed by atoms with Crippen LogP contribution in [0.5, 0.6) is 0 Å². The van der Waals surface area contributed by atoms with E-state index in [1.807, 2.05) is 6.07 Å². The number of aliphatic imine (C=N–C) groups is 1. The van der Waals surface area contributed by atoms with Crippen molar-refractivity contribution in [3.8, 4) is 0 Å². The molecule has 15 heavy (non-hydrogen) atoms. The summed E-state index contributed by atoms with van der Waals surface area (Å²) in [5, 5.41) is 0.674. The van der Waals surface area contributed by atoms with Gasteiger partial charge in [-0.15, -0.1) is 0 Å². The zero-order valence-corrected chi connectivity index (χ0v) is 9.80. The van der Waals surface area contributed by atoms with Crippen molar-refractivity contribution in [3.63, 3.8) is 0 Å². The van der Waals surface area contributed by atoms with Crippen molar-refractivity contribution >= 4 is 16.8 Å². The number of benzene rings is 1. The van der Waals surface area contributed by atoms with Crippen LogP contribution in [-0.4, -0.2) is 10.7 Å². The van der Waals surface area contributed by atoms with Crippen LogP contribution in [-0.2, 0) is 5.41 Å². The van der Waals surface area contributed by atoms with Crippen LogP contribution in [0.2, 0.25) is 0 Å². The van der Waals surface area contributed by atoms with E-state index in [0.717, 1.165) is 5.56 Å². The van der Waals surface area contributed by atoms with Crippen LogP contribution in [0.15, 0.2) is 29.3 Å². The van der Waals surface area contributed by atoms with Crippen molar-refractivity contribution in [2.75, 3.05) is 0 Å². The molecule has 2 aliphatic rings. The SMILES string of the molecule is CC1(C)N=C(Cl)c2ccccc2C12CC2. The van der Waals surface area contributed by atoms with Gasteiger partial charge >= 0.3 is 0 Å². The molecule has 2 heteroatoms. The fraction of sp³-hybridized carbons (Fsp3) is 0.462. The summed E-state index contributed by atoms with van der Waals surface area (Å²) in [7, 11) is 0. The molecule has 0 bridgehead atoms. The molecule has 1 spiro atoms. The summed E-state index contributed by atoms with van der Waals surface area (Å²) in [4.78, 5) is 4.65. The molecule has 1 aliphatic heterocycles. The van der Waals surface area contributed by atoms with E-state index in [9.17, 15) is 0 Å².